The smallest absolute Gasteiger partial charge is 0.356 e. The van der Waals surface area contributed by atoms with E-state index in [1.165, 1.54) is 29.9 Å². The molecule has 10 heteroatoms. The molecule has 0 radical (unpaired) electrons. The molecule has 39 heavy (non-hydrogen) atoms. The number of ether oxygens (including phenoxy) is 1. The lowest BCUT2D eigenvalue weighted by molar-refractivity contribution is -0.123. The van der Waals surface area contributed by atoms with E-state index in [1.807, 2.05) is 12.1 Å². The molecule has 7 nitrogen and oxygen atoms in total. The quantitative estimate of drug-likeness (QED) is 0.223. The highest BCUT2D eigenvalue weighted by Gasteiger charge is 2.27. The Kier molecular flexibility index (Phi) is 7.52. The summed E-state index contributed by atoms with van der Waals surface area (Å²) in [6.07, 6.45) is -1.17. The molecule has 3 aromatic carbocycles. The number of thiazole rings is 1. The molecule has 1 unspecified atom stereocenters. The van der Waals surface area contributed by atoms with E-state index in [1.54, 1.807) is 66.0 Å². The van der Waals surface area contributed by atoms with Gasteiger partial charge >= 0.3 is 5.97 Å². The predicted molar refractivity (Wildman–Crippen MR) is 156 cm³/mol. The van der Waals surface area contributed by atoms with E-state index in [0.717, 1.165) is 5.56 Å². The van der Waals surface area contributed by atoms with Crippen molar-refractivity contribution in [1.29, 1.82) is 0 Å². The maximum absolute atomic E-state index is 13.5. The second kappa shape index (κ2) is 11.0. The van der Waals surface area contributed by atoms with Crippen molar-refractivity contribution in [2.24, 2.45) is 7.05 Å². The highest BCUT2D eigenvalue weighted by molar-refractivity contribution is 7.14. The average Bonchev–Trinajstić information content (AvgIpc) is 3.39. The van der Waals surface area contributed by atoms with Crippen molar-refractivity contribution in [3.8, 4) is 22.4 Å². The first-order valence-corrected chi connectivity index (χ1v) is 13.5. The van der Waals surface area contributed by atoms with Crippen LogP contribution >= 0.6 is 34.5 Å². The first-order chi connectivity index (χ1) is 18.7. The number of aromatic nitrogens is 2. The fraction of sp³-hybridized carbons (Fsp3) is 0.103. The minimum absolute atomic E-state index is 0.0277. The highest BCUT2D eigenvalue weighted by atomic mass is 35.5. The lowest BCUT2D eigenvalue weighted by Crippen LogP contribution is -2.32. The number of pyridine rings is 1. The summed E-state index contributed by atoms with van der Waals surface area (Å²) in [5.41, 5.74) is 2.38. The van der Waals surface area contributed by atoms with Crippen LogP contribution in [-0.2, 0) is 16.6 Å². The fourth-order valence-corrected chi connectivity index (χ4v) is 5.15. The van der Waals surface area contributed by atoms with Gasteiger partial charge in [-0.1, -0.05) is 65.7 Å². The topological polar surface area (TPSA) is 90.3 Å². The molecular weight excluding hydrogens is 557 g/mol. The monoisotopic (exact) mass is 577 g/mol. The number of carbonyl (C=O) groups excluding carboxylic acids is 2. The van der Waals surface area contributed by atoms with Gasteiger partial charge in [0.25, 0.3) is 11.5 Å². The maximum Gasteiger partial charge on any atom is 0.356 e. The summed E-state index contributed by atoms with van der Waals surface area (Å²) < 4.78 is 6.82. The van der Waals surface area contributed by atoms with Gasteiger partial charge in [-0.25, -0.2) is 9.78 Å². The standard InChI is InChI=1S/C29H21Cl2N3O4S/c1-16(26(35)33-29-32-23(15-39-29)17-7-11-19(30)12-8-17)38-28(37)25-24(18-9-13-20(31)14-10-18)21-5-3-4-6-22(21)27(36)34(25)2/h3-16H,1-2H3,(H,32,33,35). The van der Waals surface area contributed by atoms with E-state index in [9.17, 15) is 14.4 Å². The summed E-state index contributed by atoms with van der Waals surface area (Å²) in [5.74, 6) is -1.37. The van der Waals surface area contributed by atoms with Gasteiger partial charge in [-0.2, -0.15) is 0 Å². The van der Waals surface area contributed by atoms with Gasteiger partial charge in [-0.15, -0.1) is 11.3 Å². The van der Waals surface area contributed by atoms with Crippen molar-refractivity contribution in [1.82, 2.24) is 9.55 Å². The second-order valence-electron chi connectivity index (χ2n) is 8.72. The lowest BCUT2D eigenvalue weighted by Gasteiger charge is -2.18. The van der Waals surface area contributed by atoms with Gasteiger partial charge in [0.15, 0.2) is 11.2 Å². The lowest BCUT2D eigenvalue weighted by atomic mass is 9.96. The Labute approximate surface area is 237 Å². The summed E-state index contributed by atoms with van der Waals surface area (Å²) in [6.45, 7) is 1.46. The zero-order valence-electron chi connectivity index (χ0n) is 20.8. The molecule has 0 spiro atoms. The molecule has 0 aliphatic rings. The van der Waals surface area contributed by atoms with E-state index in [-0.39, 0.29) is 11.3 Å². The molecule has 0 saturated heterocycles. The Bertz CT molecular complexity index is 1760. The number of rotatable bonds is 6. The van der Waals surface area contributed by atoms with Crippen LogP contribution in [0.3, 0.4) is 0 Å². The summed E-state index contributed by atoms with van der Waals surface area (Å²) in [6, 6.07) is 21.1. The third-order valence-corrected chi connectivity index (χ3v) is 7.42. The van der Waals surface area contributed by atoms with Crippen LogP contribution in [0, 0.1) is 0 Å². The summed E-state index contributed by atoms with van der Waals surface area (Å²) in [7, 11) is 1.50. The molecule has 2 aromatic heterocycles. The Balaban J connectivity index is 1.42. The van der Waals surface area contributed by atoms with Crippen LogP contribution in [0.25, 0.3) is 33.2 Å². The molecule has 5 aromatic rings. The second-order valence-corrected chi connectivity index (χ2v) is 10.5. The molecule has 0 bridgehead atoms. The van der Waals surface area contributed by atoms with Crippen LogP contribution in [0.2, 0.25) is 10.0 Å². The van der Waals surface area contributed by atoms with Gasteiger partial charge in [0.05, 0.1) is 5.69 Å². The predicted octanol–water partition coefficient (Wildman–Crippen LogP) is 6.82. The number of esters is 1. The highest BCUT2D eigenvalue weighted by Crippen LogP contribution is 2.32. The normalized spacial score (nSPS) is 11.8. The summed E-state index contributed by atoms with van der Waals surface area (Å²) in [4.78, 5) is 44.0. The van der Waals surface area contributed by atoms with Crippen LogP contribution in [0.4, 0.5) is 5.13 Å². The number of nitrogens with one attached hydrogen (secondary N) is 1. The Hall–Kier alpha value is -3.98. The minimum Gasteiger partial charge on any atom is -0.448 e. The van der Waals surface area contributed by atoms with Gasteiger partial charge < -0.3 is 9.30 Å². The van der Waals surface area contributed by atoms with Crippen molar-refractivity contribution in [2.75, 3.05) is 5.32 Å². The number of benzene rings is 3. The molecule has 0 saturated carbocycles. The first-order valence-electron chi connectivity index (χ1n) is 11.8. The van der Waals surface area contributed by atoms with Crippen molar-refractivity contribution in [2.45, 2.75) is 13.0 Å². The maximum atomic E-state index is 13.5. The van der Waals surface area contributed by atoms with Crippen LogP contribution in [0.1, 0.15) is 17.4 Å². The van der Waals surface area contributed by atoms with E-state index >= 15 is 0 Å². The number of amides is 1. The van der Waals surface area contributed by atoms with Crippen LogP contribution in [-0.4, -0.2) is 27.5 Å². The Morgan fingerprint density at radius 2 is 1.51 bits per heavy atom. The fourth-order valence-electron chi connectivity index (χ4n) is 4.17. The largest absolute Gasteiger partial charge is 0.448 e. The van der Waals surface area contributed by atoms with E-state index in [2.05, 4.69) is 10.3 Å². The SMILES string of the molecule is CC(OC(=O)c1c(-c2ccc(Cl)cc2)c2ccccc2c(=O)n1C)C(=O)Nc1nc(-c2ccc(Cl)cc2)cs1. The zero-order chi connectivity index (χ0) is 27.7. The van der Waals surface area contributed by atoms with Crippen LogP contribution in [0.5, 0.6) is 0 Å². The number of hydrogen-bond donors (Lipinski definition) is 1. The van der Waals surface area contributed by atoms with Gasteiger partial charge in [0.2, 0.25) is 0 Å². The zero-order valence-corrected chi connectivity index (χ0v) is 23.1. The van der Waals surface area contributed by atoms with Gasteiger partial charge in [0.1, 0.15) is 5.69 Å². The molecule has 0 fully saturated rings. The molecular formula is C29H21Cl2N3O4S. The number of fused-ring (bicyclic) bond motifs is 1. The third kappa shape index (κ3) is 5.45. The number of anilines is 1. The van der Waals surface area contributed by atoms with Crippen molar-refractivity contribution in [3.63, 3.8) is 0 Å². The molecule has 2 heterocycles. The van der Waals surface area contributed by atoms with Gasteiger partial charge in [-0.05, 0) is 48.2 Å². The van der Waals surface area contributed by atoms with Crippen molar-refractivity contribution < 1.29 is 14.3 Å². The van der Waals surface area contributed by atoms with Gasteiger partial charge in [-0.3, -0.25) is 14.9 Å². The molecule has 0 aliphatic carbocycles. The van der Waals surface area contributed by atoms with Crippen LogP contribution < -0.4 is 10.9 Å². The van der Waals surface area contributed by atoms with Gasteiger partial charge in [0, 0.05) is 39.0 Å². The molecule has 1 atom stereocenters. The molecule has 196 valence electrons. The van der Waals surface area contributed by atoms with Crippen molar-refractivity contribution >= 4 is 62.3 Å². The number of nitrogens with zero attached hydrogens (tertiary/aromatic N) is 2. The summed E-state index contributed by atoms with van der Waals surface area (Å²) in [5, 5.41) is 7.03. The molecule has 0 aliphatic heterocycles. The Morgan fingerprint density at radius 3 is 2.15 bits per heavy atom. The summed E-state index contributed by atoms with van der Waals surface area (Å²) >= 11 is 13.3. The minimum atomic E-state index is -1.17. The average molecular weight is 578 g/mol. The van der Waals surface area contributed by atoms with Crippen molar-refractivity contribution in [3.05, 3.63) is 104 Å². The third-order valence-electron chi connectivity index (χ3n) is 6.16. The van der Waals surface area contributed by atoms with E-state index in [0.29, 0.717) is 42.8 Å². The molecule has 1 N–H and O–H groups in total. The first kappa shape index (κ1) is 26.6. The number of hydrogen-bond acceptors (Lipinski definition) is 6. The van der Waals surface area contributed by atoms with E-state index in [4.69, 9.17) is 27.9 Å². The number of halogens is 2. The number of carbonyl (C=O) groups is 2. The van der Waals surface area contributed by atoms with Crippen LogP contribution in [0.15, 0.2) is 83.0 Å². The molecule has 5 rings (SSSR count). The molecule has 1 amide bonds. The van der Waals surface area contributed by atoms with E-state index < -0.39 is 18.0 Å². The Morgan fingerprint density at radius 1 is 0.923 bits per heavy atom.